The topological polar surface area (TPSA) is 31.2 Å². The van der Waals surface area contributed by atoms with Crippen LogP contribution < -0.4 is 0 Å². The minimum Gasteiger partial charge on any atom is -0.466 e. The second kappa shape index (κ2) is 6.77. The normalized spacial score (nSPS) is 16.7. The summed E-state index contributed by atoms with van der Waals surface area (Å²) in [5.41, 5.74) is 5.19. The highest BCUT2D eigenvalue weighted by Crippen LogP contribution is 2.39. The van der Waals surface area contributed by atoms with Crippen molar-refractivity contribution in [2.75, 3.05) is 6.61 Å². The molecule has 3 heteroatoms. The fourth-order valence-electron chi connectivity index (χ4n) is 4.03. The Kier molecular flexibility index (Phi) is 4.74. The van der Waals surface area contributed by atoms with Crippen molar-refractivity contribution < 1.29 is 9.53 Å². The van der Waals surface area contributed by atoms with Gasteiger partial charge in [-0.05, 0) is 44.2 Å². The molecule has 0 spiro atoms. The zero-order valence-corrected chi connectivity index (χ0v) is 14.5. The molecule has 0 N–H and O–H groups in total. The van der Waals surface area contributed by atoms with Gasteiger partial charge >= 0.3 is 5.97 Å². The smallest absolute Gasteiger partial charge is 0.310 e. The van der Waals surface area contributed by atoms with Crippen LogP contribution >= 0.6 is 0 Å². The quantitative estimate of drug-likeness (QED) is 0.722. The molecule has 0 aliphatic carbocycles. The van der Waals surface area contributed by atoms with Gasteiger partial charge in [0.05, 0.1) is 18.5 Å². The maximum atomic E-state index is 12.0. The van der Waals surface area contributed by atoms with Crippen LogP contribution in [-0.4, -0.2) is 17.1 Å². The van der Waals surface area contributed by atoms with E-state index in [1.165, 1.54) is 47.8 Å². The number of hydrogen-bond donors (Lipinski definition) is 0. The maximum Gasteiger partial charge on any atom is 0.310 e. The van der Waals surface area contributed by atoms with Gasteiger partial charge in [-0.1, -0.05) is 38.0 Å². The van der Waals surface area contributed by atoms with Crippen LogP contribution in [0.15, 0.2) is 18.2 Å². The van der Waals surface area contributed by atoms with E-state index in [0.717, 1.165) is 12.0 Å². The molecular weight excluding hydrogens is 286 g/mol. The highest BCUT2D eigenvalue weighted by molar-refractivity contribution is 5.92. The molecule has 2 heterocycles. The first-order chi connectivity index (χ1) is 11.2. The van der Waals surface area contributed by atoms with Crippen molar-refractivity contribution in [3.05, 3.63) is 35.0 Å². The Labute approximate surface area is 138 Å². The van der Waals surface area contributed by atoms with Gasteiger partial charge in [0.1, 0.15) is 0 Å². The molecule has 3 nitrogen and oxygen atoms in total. The van der Waals surface area contributed by atoms with Gasteiger partial charge in [0, 0.05) is 17.1 Å². The molecule has 124 valence electrons. The molecule has 23 heavy (non-hydrogen) atoms. The lowest BCUT2D eigenvalue weighted by Crippen LogP contribution is -2.17. The first-order valence-corrected chi connectivity index (χ1v) is 8.94. The minimum atomic E-state index is -0.121. The number of esters is 1. The average Bonchev–Trinajstić information content (AvgIpc) is 2.83. The van der Waals surface area contributed by atoms with E-state index in [0.29, 0.717) is 19.1 Å². The van der Waals surface area contributed by atoms with Crippen molar-refractivity contribution >= 4 is 16.9 Å². The van der Waals surface area contributed by atoms with Crippen LogP contribution in [0.25, 0.3) is 10.9 Å². The third-order valence-corrected chi connectivity index (χ3v) is 5.11. The van der Waals surface area contributed by atoms with E-state index in [-0.39, 0.29) is 5.97 Å². The molecule has 0 radical (unpaired) electrons. The second-order valence-corrected chi connectivity index (χ2v) is 6.56. The predicted octanol–water partition coefficient (Wildman–Crippen LogP) is 4.73. The minimum absolute atomic E-state index is 0.121. The van der Waals surface area contributed by atoms with E-state index in [1.54, 1.807) is 0 Å². The van der Waals surface area contributed by atoms with Gasteiger partial charge in [-0.2, -0.15) is 0 Å². The number of carbonyl (C=O) groups is 1. The number of aryl methyl sites for hydroxylation is 1. The number of nitrogens with zero attached hydrogens (tertiary/aromatic N) is 1. The standard InChI is InChI=1S/C20H27NO2/c1-4-6-9-16-12-11-15-8-7-10-17-18(13-19(22)23-5-2)14(3)21(16)20(15)17/h7-8,10,16H,4-6,9,11-13H2,1-3H3. The number of unbranched alkanes of at least 4 members (excludes halogenated alkanes) is 1. The summed E-state index contributed by atoms with van der Waals surface area (Å²) in [4.78, 5) is 12.0. The monoisotopic (exact) mass is 313 g/mol. The lowest BCUT2D eigenvalue weighted by Gasteiger charge is -2.27. The van der Waals surface area contributed by atoms with Crippen molar-refractivity contribution in [1.29, 1.82) is 0 Å². The summed E-state index contributed by atoms with van der Waals surface area (Å²) in [6.45, 7) is 6.73. The Hall–Kier alpha value is -1.77. The molecule has 0 fully saturated rings. The van der Waals surface area contributed by atoms with Gasteiger partial charge in [-0.25, -0.2) is 0 Å². The number of para-hydroxylation sites is 1. The van der Waals surface area contributed by atoms with Gasteiger partial charge in [-0.15, -0.1) is 0 Å². The highest BCUT2D eigenvalue weighted by atomic mass is 16.5. The molecule has 1 unspecified atom stereocenters. The molecular formula is C20H27NO2. The largest absolute Gasteiger partial charge is 0.466 e. The third-order valence-electron chi connectivity index (χ3n) is 5.11. The lowest BCUT2D eigenvalue weighted by molar-refractivity contribution is -0.142. The van der Waals surface area contributed by atoms with E-state index < -0.39 is 0 Å². The molecule has 1 atom stereocenters. The summed E-state index contributed by atoms with van der Waals surface area (Å²) in [6.07, 6.45) is 6.46. The van der Waals surface area contributed by atoms with Crippen molar-refractivity contribution in [3.8, 4) is 0 Å². The number of benzene rings is 1. The summed E-state index contributed by atoms with van der Waals surface area (Å²) in [5, 5.41) is 1.24. The van der Waals surface area contributed by atoms with Gasteiger partial charge in [-0.3, -0.25) is 4.79 Å². The van der Waals surface area contributed by atoms with Crippen LogP contribution in [0, 0.1) is 6.92 Å². The summed E-state index contributed by atoms with van der Waals surface area (Å²) in [7, 11) is 0. The van der Waals surface area contributed by atoms with E-state index in [2.05, 4.69) is 36.6 Å². The Morgan fingerprint density at radius 1 is 1.35 bits per heavy atom. The molecule has 2 aromatic rings. The van der Waals surface area contributed by atoms with E-state index in [4.69, 9.17) is 4.74 Å². The summed E-state index contributed by atoms with van der Waals surface area (Å²) < 4.78 is 7.69. The molecule has 1 aliphatic rings. The zero-order chi connectivity index (χ0) is 16.4. The Balaban J connectivity index is 2.07. The number of aromatic nitrogens is 1. The van der Waals surface area contributed by atoms with Gasteiger partial charge < -0.3 is 9.30 Å². The number of rotatable bonds is 6. The number of hydrogen-bond acceptors (Lipinski definition) is 2. The second-order valence-electron chi connectivity index (χ2n) is 6.56. The van der Waals surface area contributed by atoms with Crippen molar-refractivity contribution in [3.63, 3.8) is 0 Å². The average molecular weight is 313 g/mol. The Bertz CT molecular complexity index is 714. The zero-order valence-electron chi connectivity index (χ0n) is 14.5. The van der Waals surface area contributed by atoms with Crippen LogP contribution in [-0.2, 0) is 22.4 Å². The van der Waals surface area contributed by atoms with Crippen LogP contribution in [0.2, 0.25) is 0 Å². The van der Waals surface area contributed by atoms with Crippen molar-refractivity contribution in [2.45, 2.75) is 65.3 Å². The van der Waals surface area contributed by atoms with Crippen molar-refractivity contribution in [2.24, 2.45) is 0 Å². The molecule has 0 saturated carbocycles. The summed E-state index contributed by atoms with van der Waals surface area (Å²) >= 11 is 0. The van der Waals surface area contributed by atoms with Crippen molar-refractivity contribution in [1.82, 2.24) is 4.57 Å². The number of carbonyl (C=O) groups excluding carboxylic acids is 1. The predicted molar refractivity (Wildman–Crippen MR) is 93.9 cm³/mol. The first kappa shape index (κ1) is 16.1. The highest BCUT2D eigenvalue weighted by Gasteiger charge is 2.26. The maximum absolute atomic E-state index is 12.0. The lowest BCUT2D eigenvalue weighted by atomic mass is 9.95. The van der Waals surface area contributed by atoms with Crippen LogP contribution in [0.3, 0.4) is 0 Å². The van der Waals surface area contributed by atoms with E-state index in [9.17, 15) is 4.79 Å². The van der Waals surface area contributed by atoms with Crippen LogP contribution in [0.1, 0.15) is 62.4 Å². The molecule has 0 saturated heterocycles. The van der Waals surface area contributed by atoms with E-state index >= 15 is 0 Å². The molecule has 1 aromatic heterocycles. The molecule has 1 aromatic carbocycles. The Morgan fingerprint density at radius 2 is 2.17 bits per heavy atom. The van der Waals surface area contributed by atoms with E-state index in [1.807, 2.05) is 6.92 Å². The van der Waals surface area contributed by atoms with Gasteiger partial charge in [0.25, 0.3) is 0 Å². The SMILES string of the molecule is CCCCC1CCc2cccc3c(CC(=O)OCC)c(C)n1c23. The van der Waals surface area contributed by atoms with Crippen LogP contribution in [0.5, 0.6) is 0 Å². The summed E-state index contributed by atoms with van der Waals surface area (Å²) in [5.74, 6) is -0.121. The third kappa shape index (κ3) is 2.89. The fourth-order valence-corrected chi connectivity index (χ4v) is 4.03. The molecule has 3 rings (SSSR count). The van der Waals surface area contributed by atoms with Gasteiger partial charge in [0.15, 0.2) is 0 Å². The summed E-state index contributed by atoms with van der Waals surface area (Å²) in [6, 6.07) is 7.10. The fraction of sp³-hybridized carbons (Fsp3) is 0.550. The number of ether oxygens (including phenoxy) is 1. The molecule has 0 amide bonds. The molecule has 0 bridgehead atoms. The van der Waals surface area contributed by atoms with Gasteiger partial charge in [0.2, 0.25) is 0 Å². The molecule has 1 aliphatic heterocycles. The van der Waals surface area contributed by atoms with Crippen LogP contribution in [0.4, 0.5) is 0 Å². The first-order valence-electron chi connectivity index (χ1n) is 8.94. The Morgan fingerprint density at radius 3 is 2.91 bits per heavy atom.